The van der Waals surface area contributed by atoms with E-state index >= 15 is 0 Å². The van der Waals surface area contributed by atoms with Crippen molar-refractivity contribution >= 4 is 49.9 Å². The van der Waals surface area contributed by atoms with Gasteiger partial charge in [0.1, 0.15) is 0 Å². The molecule has 3 rings (SSSR count). The maximum absolute atomic E-state index is 12.1. The first-order valence-electron chi connectivity index (χ1n) is 7.99. The van der Waals surface area contributed by atoms with Crippen molar-refractivity contribution in [3.63, 3.8) is 0 Å². The van der Waals surface area contributed by atoms with Gasteiger partial charge in [-0.05, 0) is 36.8 Å². The zero-order valence-corrected chi connectivity index (χ0v) is 16.4. The van der Waals surface area contributed by atoms with Crippen molar-refractivity contribution in [2.45, 2.75) is 12.8 Å². The Morgan fingerprint density at radius 2 is 1.89 bits per heavy atom. The van der Waals surface area contributed by atoms with Gasteiger partial charge in [0, 0.05) is 34.2 Å². The number of nitrogens with one attached hydrogen (secondary N) is 3. The Hall–Kier alpha value is -2.78. The zero-order valence-electron chi connectivity index (χ0n) is 14.0. The van der Waals surface area contributed by atoms with E-state index in [-0.39, 0.29) is 23.8 Å². The van der Waals surface area contributed by atoms with Gasteiger partial charge in [-0.1, -0.05) is 15.9 Å². The van der Waals surface area contributed by atoms with Gasteiger partial charge in [-0.25, -0.2) is 4.98 Å². The number of hydrogen-bond acceptors (Lipinski definition) is 5. The Morgan fingerprint density at radius 1 is 1.11 bits per heavy atom. The van der Waals surface area contributed by atoms with E-state index in [4.69, 9.17) is 0 Å². The van der Waals surface area contributed by atoms with Gasteiger partial charge in [0.05, 0.1) is 11.3 Å². The van der Waals surface area contributed by atoms with Crippen LogP contribution in [0.3, 0.4) is 0 Å². The number of halogens is 1. The molecule has 0 fully saturated rings. The summed E-state index contributed by atoms with van der Waals surface area (Å²) >= 11 is 4.63. The van der Waals surface area contributed by atoms with E-state index in [1.54, 1.807) is 5.38 Å². The van der Waals surface area contributed by atoms with Crippen LogP contribution in [0.4, 0.5) is 10.8 Å². The number of H-pyrrole nitrogens is 1. The predicted octanol–water partition coefficient (Wildman–Crippen LogP) is 3.42. The largest absolute Gasteiger partial charge is 0.328 e. The Morgan fingerprint density at radius 3 is 2.59 bits per heavy atom. The lowest BCUT2D eigenvalue weighted by molar-refractivity contribution is -0.116. The van der Waals surface area contributed by atoms with E-state index in [9.17, 15) is 14.4 Å². The second-order valence-corrected chi connectivity index (χ2v) is 7.37. The predicted molar refractivity (Wildman–Crippen MR) is 108 cm³/mol. The number of aryl methyl sites for hydroxylation is 1. The molecule has 0 saturated heterocycles. The number of pyridine rings is 1. The molecule has 0 unspecified atom stereocenters. The number of thiazole rings is 1. The molecule has 0 spiro atoms. The number of aromatic amines is 1. The fourth-order valence-corrected chi connectivity index (χ4v) is 3.20. The number of nitrogens with zero attached hydrogens (tertiary/aromatic N) is 1. The minimum absolute atomic E-state index is 0.107. The topological polar surface area (TPSA) is 104 Å². The normalized spacial score (nSPS) is 10.4. The van der Waals surface area contributed by atoms with E-state index < -0.39 is 0 Å². The fourth-order valence-electron chi connectivity index (χ4n) is 2.20. The van der Waals surface area contributed by atoms with Gasteiger partial charge in [0.25, 0.3) is 5.91 Å². The van der Waals surface area contributed by atoms with E-state index in [0.717, 1.165) is 15.9 Å². The van der Waals surface area contributed by atoms with Crippen molar-refractivity contribution in [3.05, 3.63) is 74.1 Å². The summed E-state index contributed by atoms with van der Waals surface area (Å²) in [5.74, 6) is -0.468. The molecule has 0 aliphatic carbocycles. The van der Waals surface area contributed by atoms with E-state index in [1.807, 2.05) is 24.3 Å². The van der Waals surface area contributed by atoms with Crippen LogP contribution < -0.4 is 16.2 Å². The Balaban J connectivity index is 1.50. The molecule has 0 aliphatic rings. The van der Waals surface area contributed by atoms with E-state index in [0.29, 0.717) is 17.1 Å². The van der Waals surface area contributed by atoms with Gasteiger partial charge in [0.2, 0.25) is 11.5 Å². The molecule has 3 N–H and O–H groups in total. The third-order valence-corrected chi connectivity index (χ3v) is 4.89. The van der Waals surface area contributed by atoms with Crippen molar-refractivity contribution in [2.75, 3.05) is 10.6 Å². The monoisotopic (exact) mass is 446 g/mol. The standard InChI is InChI=1S/C18H15BrN4O3S/c19-12-2-4-13(5-3-12)21-16(25)8-6-14-10-27-18(22-14)23-17(26)11-1-7-15(24)20-9-11/h1-5,7,9-10H,6,8H2,(H,20,24)(H,21,25)(H,22,23,26). The summed E-state index contributed by atoms with van der Waals surface area (Å²) < 4.78 is 0.944. The first-order chi connectivity index (χ1) is 13.0. The highest BCUT2D eigenvalue weighted by Crippen LogP contribution is 2.18. The number of anilines is 2. The van der Waals surface area contributed by atoms with Gasteiger partial charge in [-0.3, -0.25) is 19.7 Å². The van der Waals surface area contributed by atoms with Gasteiger partial charge in [-0.2, -0.15) is 0 Å². The van der Waals surface area contributed by atoms with Crippen LogP contribution in [0.15, 0.2) is 57.2 Å². The summed E-state index contributed by atoms with van der Waals surface area (Å²) in [7, 11) is 0. The highest BCUT2D eigenvalue weighted by atomic mass is 79.9. The van der Waals surface area contributed by atoms with Crippen LogP contribution in [0, 0.1) is 0 Å². The van der Waals surface area contributed by atoms with Gasteiger partial charge in [0.15, 0.2) is 5.13 Å². The quantitative estimate of drug-likeness (QED) is 0.539. The second-order valence-electron chi connectivity index (χ2n) is 5.59. The Labute approximate surface area is 167 Å². The molecule has 2 amide bonds. The minimum atomic E-state index is -0.361. The molecule has 0 radical (unpaired) electrons. The molecule has 2 heterocycles. The molecule has 2 aromatic heterocycles. The molecule has 3 aromatic rings. The lowest BCUT2D eigenvalue weighted by Crippen LogP contribution is -2.14. The highest BCUT2D eigenvalue weighted by molar-refractivity contribution is 9.10. The van der Waals surface area contributed by atoms with Gasteiger partial charge >= 0.3 is 0 Å². The fraction of sp³-hybridized carbons (Fsp3) is 0.111. The summed E-state index contributed by atoms with van der Waals surface area (Å²) in [6, 6.07) is 10.1. The third kappa shape index (κ3) is 5.60. The summed E-state index contributed by atoms with van der Waals surface area (Å²) in [5.41, 5.74) is 1.52. The third-order valence-electron chi connectivity index (χ3n) is 3.55. The lowest BCUT2D eigenvalue weighted by Gasteiger charge is -2.04. The van der Waals surface area contributed by atoms with Gasteiger partial charge in [-0.15, -0.1) is 11.3 Å². The molecule has 27 heavy (non-hydrogen) atoms. The Kier molecular flexibility index (Phi) is 6.15. The number of benzene rings is 1. The first kappa shape index (κ1) is 19.0. The first-order valence-corrected chi connectivity index (χ1v) is 9.67. The molecule has 138 valence electrons. The molecule has 0 bridgehead atoms. The molecular weight excluding hydrogens is 432 g/mol. The summed E-state index contributed by atoms with van der Waals surface area (Å²) in [4.78, 5) is 41.9. The van der Waals surface area contributed by atoms with Crippen molar-refractivity contribution in [1.29, 1.82) is 0 Å². The van der Waals surface area contributed by atoms with E-state index in [2.05, 4.69) is 36.5 Å². The van der Waals surface area contributed by atoms with Crippen LogP contribution in [0.2, 0.25) is 0 Å². The van der Waals surface area contributed by atoms with Crippen molar-refractivity contribution in [2.24, 2.45) is 0 Å². The SMILES string of the molecule is O=C(CCc1csc(NC(=O)c2ccc(=O)[nH]c2)n1)Nc1ccc(Br)cc1. The lowest BCUT2D eigenvalue weighted by atomic mass is 10.2. The van der Waals surface area contributed by atoms with Crippen LogP contribution in [0.25, 0.3) is 0 Å². The van der Waals surface area contributed by atoms with Crippen LogP contribution in [-0.4, -0.2) is 21.8 Å². The molecule has 0 saturated carbocycles. The summed E-state index contributed by atoms with van der Waals surface area (Å²) in [6.07, 6.45) is 2.10. The highest BCUT2D eigenvalue weighted by Gasteiger charge is 2.10. The van der Waals surface area contributed by atoms with Crippen molar-refractivity contribution < 1.29 is 9.59 Å². The minimum Gasteiger partial charge on any atom is -0.328 e. The number of amides is 2. The zero-order chi connectivity index (χ0) is 19.2. The molecular formula is C18H15BrN4O3S. The van der Waals surface area contributed by atoms with Crippen molar-refractivity contribution in [3.8, 4) is 0 Å². The van der Waals surface area contributed by atoms with Crippen LogP contribution in [0.1, 0.15) is 22.5 Å². The van der Waals surface area contributed by atoms with E-state index in [1.165, 1.54) is 29.7 Å². The molecule has 1 aromatic carbocycles. The summed E-state index contributed by atoms with van der Waals surface area (Å²) in [5, 5.41) is 7.73. The second kappa shape index (κ2) is 8.74. The number of aromatic nitrogens is 2. The van der Waals surface area contributed by atoms with Crippen LogP contribution in [-0.2, 0) is 11.2 Å². The maximum atomic E-state index is 12.1. The Bertz CT molecular complexity index is 993. The van der Waals surface area contributed by atoms with Crippen molar-refractivity contribution in [1.82, 2.24) is 9.97 Å². The molecule has 7 nitrogen and oxygen atoms in total. The van der Waals surface area contributed by atoms with Crippen LogP contribution in [0.5, 0.6) is 0 Å². The van der Waals surface area contributed by atoms with Gasteiger partial charge < -0.3 is 10.3 Å². The maximum Gasteiger partial charge on any atom is 0.258 e. The van der Waals surface area contributed by atoms with Crippen LogP contribution >= 0.6 is 27.3 Å². The number of carbonyl (C=O) groups excluding carboxylic acids is 2. The average Bonchev–Trinajstić information content (AvgIpc) is 3.10. The molecule has 0 aliphatic heterocycles. The molecule has 0 atom stereocenters. The summed E-state index contributed by atoms with van der Waals surface area (Å²) in [6.45, 7) is 0. The number of hydrogen-bond donors (Lipinski definition) is 3. The number of carbonyl (C=O) groups is 2. The molecule has 9 heteroatoms. The average molecular weight is 447 g/mol. The number of rotatable bonds is 6. The smallest absolute Gasteiger partial charge is 0.258 e.